The zero-order chi connectivity index (χ0) is 11.5. The van der Waals surface area contributed by atoms with Crippen molar-refractivity contribution in [3.63, 3.8) is 0 Å². The third-order valence-corrected chi connectivity index (χ3v) is 3.78. The Morgan fingerprint density at radius 1 is 1.38 bits per heavy atom. The van der Waals surface area contributed by atoms with Crippen molar-refractivity contribution in [3.05, 3.63) is 12.2 Å². The summed E-state index contributed by atoms with van der Waals surface area (Å²) in [6.07, 6.45) is 7.23. The maximum atomic E-state index is 9.71. The van der Waals surface area contributed by atoms with Gasteiger partial charge in [-0.25, -0.2) is 0 Å². The SMILES string of the molecule is CN(C)CC(O)CNCC1CC2C=CC1C2. The summed E-state index contributed by atoms with van der Waals surface area (Å²) in [5.41, 5.74) is 0. The molecule has 1 fully saturated rings. The lowest BCUT2D eigenvalue weighted by molar-refractivity contribution is 0.133. The van der Waals surface area contributed by atoms with Crippen molar-refractivity contribution >= 4 is 0 Å². The van der Waals surface area contributed by atoms with E-state index < -0.39 is 0 Å². The molecule has 4 atom stereocenters. The van der Waals surface area contributed by atoms with Crippen LogP contribution in [0.5, 0.6) is 0 Å². The van der Waals surface area contributed by atoms with Gasteiger partial charge in [0.1, 0.15) is 0 Å². The van der Waals surface area contributed by atoms with E-state index in [0.717, 1.165) is 37.4 Å². The Morgan fingerprint density at radius 2 is 2.19 bits per heavy atom. The van der Waals surface area contributed by atoms with Crippen LogP contribution in [0.4, 0.5) is 0 Å². The van der Waals surface area contributed by atoms with Crippen molar-refractivity contribution in [2.75, 3.05) is 33.7 Å². The number of allylic oxidation sites excluding steroid dienone is 2. The van der Waals surface area contributed by atoms with Crippen LogP contribution in [0.3, 0.4) is 0 Å². The Morgan fingerprint density at radius 3 is 2.75 bits per heavy atom. The summed E-state index contributed by atoms with van der Waals surface area (Å²) in [5.74, 6) is 2.47. The molecule has 3 nitrogen and oxygen atoms in total. The van der Waals surface area contributed by atoms with Gasteiger partial charge in [0.2, 0.25) is 0 Å². The number of hydrogen-bond acceptors (Lipinski definition) is 3. The van der Waals surface area contributed by atoms with Gasteiger partial charge in [0.05, 0.1) is 6.10 Å². The van der Waals surface area contributed by atoms with E-state index in [1.54, 1.807) is 0 Å². The molecule has 0 aromatic heterocycles. The minimum Gasteiger partial charge on any atom is -0.390 e. The third-order valence-electron chi connectivity index (χ3n) is 3.78. The molecular formula is C13H24N2O. The summed E-state index contributed by atoms with van der Waals surface area (Å²) < 4.78 is 0. The number of rotatable bonds is 6. The second kappa shape index (κ2) is 5.30. The van der Waals surface area contributed by atoms with Crippen LogP contribution in [0.1, 0.15) is 12.8 Å². The van der Waals surface area contributed by atoms with Gasteiger partial charge in [-0.05, 0) is 51.2 Å². The van der Waals surface area contributed by atoms with E-state index >= 15 is 0 Å². The maximum absolute atomic E-state index is 9.71. The van der Waals surface area contributed by atoms with Crippen LogP contribution in [-0.2, 0) is 0 Å². The number of likely N-dealkylation sites (N-methyl/N-ethyl adjacent to an activating group) is 1. The molecular weight excluding hydrogens is 200 g/mol. The third kappa shape index (κ3) is 3.06. The van der Waals surface area contributed by atoms with E-state index in [0.29, 0.717) is 0 Å². The van der Waals surface area contributed by atoms with Crippen molar-refractivity contribution in [3.8, 4) is 0 Å². The molecule has 2 rings (SSSR count). The van der Waals surface area contributed by atoms with Gasteiger partial charge in [-0.1, -0.05) is 12.2 Å². The number of hydrogen-bond donors (Lipinski definition) is 2. The molecule has 2 aliphatic rings. The van der Waals surface area contributed by atoms with Gasteiger partial charge in [0.25, 0.3) is 0 Å². The molecule has 0 aromatic carbocycles. The molecule has 4 unspecified atom stereocenters. The van der Waals surface area contributed by atoms with Gasteiger partial charge in [-0.15, -0.1) is 0 Å². The molecule has 16 heavy (non-hydrogen) atoms. The maximum Gasteiger partial charge on any atom is 0.0791 e. The molecule has 2 N–H and O–H groups in total. The molecule has 1 saturated carbocycles. The quantitative estimate of drug-likeness (QED) is 0.652. The van der Waals surface area contributed by atoms with E-state index in [1.807, 2.05) is 19.0 Å². The highest BCUT2D eigenvalue weighted by Crippen LogP contribution is 2.42. The van der Waals surface area contributed by atoms with E-state index in [9.17, 15) is 5.11 Å². The first kappa shape index (κ1) is 12.1. The summed E-state index contributed by atoms with van der Waals surface area (Å²) >= 11 is 0. The van der Waals surface area contributed by atoms with Crippen LogP contribution >= 0.6 is 0 Å². The fourth-order valence-electron chi connectivity index (χ4n) is 3.05. The summed E-state index contributed by atoms with van der Waals surface area (Å²) in [6.45, 7) is 2.52. The average Bonchev–Trinajstić information content (AvgIpc) is 2.77. The fraction of sp³-hybridized carbons (Fsp3) is 0.846. The van der Waals surface area contributed by atoms with Gasteiger partial charge < -0.3 is 15.3 Å². The first-order valence-corrected chi connectivity index (χ1v) is 6.37. The van der Waals surface area contributed by atoms with Crippen molar-refractivity contribution in [2.24, 2.45) is 17.8 Å². The van der Waals surface area contributed by atoms with Crippen LogP contribution < -0.4 is 5.32 Å². The van der Waals surface area contributed by atoms with Crippen LogP contribution in [-0.4, -0.2) is 49.8 Å². The standard InChI is InChI=1S/C13H24N2O/c1-15(2)9-13(16)8-14-7-12-6-10-3-4-11(12)5-10/h3-4,10-14,16H,5-9H2,1-2H3. The van der Waals surface area contributed by atoms with E-state index in [2.05, 4.69) is 17.5 Å². The van der Waals surface area contributed by atoms with Crippen LogP contribution in [0, 0.1) is 17.8 Å². The average molecular weight is 224 g/mol. The fourth-order valence-corrected chi connectivity index (χ4v) is 3.05. The molecule has 0 aliphatic heterocycles. The second-order valence-electron chi connectivity index (χ2n) is 5.61. The predicted octanol–water partition coefficient (Wildman–Crippen LogP) is 0.711. The Balaban J connectivity index is 1.60. The smallest absolute Gasteiger partial charge is 0.0791 e. The van der Waals surface area contributed by atoms with Crippen molar-refractivity contribution in [1.29, 1.82) is 0 Å². The predicted molar refractivity (Wildman–Crippen MR) is 66.3 cm³/mol. The minimum absolute atomic E-state index is 0.246. The van der Waals surface area contributed by atoms with Crippen LogP contribution in [0.15, 0.2) is 12.2 Å². The first-order valence-electron chi connectivity index (χ1n) is 6.37. The Bertz CT molecular complexity index is 252. The number of nitrogens with one attached hydrogen (secondary N) is 1. The summed E-state index contributed by atoms with van der Waals surface area (Å²) in [4.78, 5) is 2.02. The highest BCUT2D eigenvalue weighted by atomic mass is 16.3. The number of fused-ring (bicyclic) bond motifs is 2. The molecule has 0 saturated heterocycles. The summed E-state index contributed by atoms with van der Waals surface area (Å²) in [7, 11) is 3.98. The van der Waals surface area contributed by atoms with Crippen LogP contribution in [0.25, 0.3) is 0 Å². The number of aliphatic hydroxyl groups excluding tert-OH is 1. The summed E-state index contributed by atoms with van der Waals surface area (Å²) in [6, 6.07) is 0. The Hall–Kier alpha value is -0.380. The van der Waals surface area contributed by atoms with Gasteiger partial charge in [0, 0.05) is 13.1 Å². The minimum atomic E-state index is -0.246. The molecule has 0 spiro atoms. The van der Waals surface area contributed by atoms with Gasteiger partial charge in [-0.2, -0.15) is 0 Å². The number of nitrogens with zero attached hydrogens (tertiary/aromatic N) is 1. The topological polar surface area (TPSA) is 35.5 Å². The molecule has 0 radical (unpaired) electrons. The second-order valence-corrected chi connectivity index (χ2v) is 5.61. The highest BCUT2D eigenvalue weighted by Gasteiger charge is 2.34. The van der Waals surface area contributed by atoms with E-state index in [1.165, 1.54) is 12.8 Å². The monoisotopic (exact) mass is 224 g/mol. The molecule has 0 amide bonds. The van der Waals surface area contributed by atoms with Gasteiger partial charge in [-0.3, -0.25) is 0 Å². The molecule has 0 heterocycles. The van der Waals surface area contributed by atoms with Crippen molar-refractivity contribution in [1.82, 2.24) is 10.2 Å². The van der Waals surface area contributed by atoms with Gasteiger partial charge >= 0.3 is 0 Å². The van der Waals surface area contributed by atoms with Crippen molar-refractivity contribution < 1.29 is 5.11 Å². The molecule has 0 aromatic rings. The van der Waals surface area contributed by atoms with Gasteiger partial charge in [0.15, 0.2) is 0 Å². The zero-order valence-corrected chi connectivity index (χ0v) is 10.4. The molecule has 2 bridgehead atoms. The molecule has 2 aliphatic carbocycles. The number of aliphatic hydroxyl groups is 1. The largest absolute Gasteiger partial charge is 0.390 e. The Kier molecular flexibility index (Phi) is 4.00. The zero-order valence-electron chi connectivity index (χ0n) is 10.4. The summed E-state index contributed by atoms with van der Waals surface area (Å²) in [5, 5.41) is 13.1. The van der Waals surface area contributed by atoms with E-state index in [-0.39, 0.29) is 6.10 Å². The molecule has 3 heteroatoms. The molecule has 92 valence electrons. The first-order chi connectivity index (χ1) is 7.65. The lowest BCUT2D eigenvalue weighted by Crippen LogP contribution is -2.37. The van der Waals surface area contributed by atoms with Crippen molar-refractivity contribution in [2.45, 2.75) is 18.9 Å². The normalized spacial score (nSPS) is 33.9. The van der Waals surface area contributed by atoms with E-state index in [4.69, 9.17) is 0 Å². The highest BCUT2D eigenvalue weighted by molar-refractivity contribution is 5.10. The van der Waals surface area contributed by atoms with Crippen LogP contribution in [0.2, 0.25) is 0 Å². The Labute approximate surface area is 98.5 Å². The lowest BCUT2D eigenvalue weighted by atomic mass is 9.93. The lowest BCUT2D eigenvalue weighted by Gasteiger charge is -2.21.